The molecule has 1 N–H and O–H groups in total. The van der Waals surface area contributed by atoms with E-state index in [4.69, 9.17) is 0 Å². The van der Waals surface area contributed by atoms with Crippen LogP contribution in [0.25, 0.3) is 0 Å². The molecule has 2 heteroatoms. The van der Waals surface area contributed by atoms with Crippen molar-refractivity contribution in [3.8, 4) is 0 Å². The van der Waals surface area contributed by atoms with Gasteiger partial charge in [0.2, 0.25) is 0 Å². The van der Waals surface area contributed by atoms with Gasteiger partial charge in [-0.3, -0.25) is 4.90 Å². The maximum Gasteiger partial charge on any atom is 0.0217 e. The topological polar surface area (TPSA) is 15.3 Å². The number of nitrogens with zero attached hydrogens (tertiary/aromatic N) is 1. The zero-order valence-corrected chi connectivity index (χ0v) is 10.2. The van der Waals surface area contributed by atoms with Crippen LogP contribution in [0.1, 0.15) is 40.0 Å². The highest BCUT2D eigenvalue weighted by Crippen LogP contribution is 2.27. The number of likely N-dealkylation sites (N-methyl/N-ethyl adjacent to an activating group) is 2. The molecule has 2 atom stereocenters. The molecule has 0 radical (unpaired) electrons. The van der Waals surface area contributed by atoms with E-state index in [9.17, 15) is 0 Å². The van der Waals surface area contributed by atoms with E-state index in [2.05, 4.69) is 38.0 Å². The van der Waals surface area contributed by atoms with Crippen LogP contribution in [-0.2, 0) is 0 Å². The third-order valence-electron chi connectivity index (χ3n) is 3.60. The number of hydrogen-bond donors (Lipinski definition) is 1. The molecule has 0 bridgehead atoms. The predicted octanol–water partition coefficient (Wildman–Crippen LogP) is 2.10. The van der Waals surface area contributed by atoms with Crippen molar-refractivity contribution in [1.82, 2.24) is 10.2 Å². The summed E-state index contributed by atoms with van der Waals surface area (Å²) in [5, 5.41) is 3.46. The van der Waals surface area contributed by atoms with E-state index in [1.54, 1.807) is 0 Å². The van der Waals surface area contributed by atoms with E-state index in [1.165, 1.54) is 32.4 Å². The molecule has 2 unspecified atom stereocenters. The van der Waals surface area contributed by atoms with Crippen LogP contribution < -0.4 is 5.32 Å². The van der Waals surface area contributed by atoms with Gasteiger partial charge in [0.05, 0.1) is 0 Å². The Morgan fingerprint density at radius 3 is 2.36 bits per heavy atom. The molecule has 84 valence electrons. The maximum atomic E-state index is 3.46. The van der Waals surface area contributed by atoms with Crippen molar-refractivity contribution in [2.24, 2.45) is 5.92 Å². The Morgan fingerprint density at radius 2 is 2.00 bits per heavy atom. The van der Waals surface area contributed by atoms with Gasteiger partial charge < -0.3 is 5.32 Å². The minimum atomic E-state index is 0.667. The van der Waals surface area contributed by atoms with Crippen molar-refractivity contribution in [3.05, 3.63) is 0 Å². The Balaban J connectivity index is 2.36. The minimum Gasteiger partial charge on any atom is -0.315 e. The fourth-order valence-electron chi connectivity index (χ4n) is 2.07. The fourth-order valence-corrected chi connectivity index (χ4v) is 2.07. The van der Waals surface area contributed by atoms with Gasteiger partial charge >= 0.3 is 0 Å². The minimum absolute atomic E-state index is 0.667. The monoisotopic (exact) mass is 198 g/mol. The zero-order chi connectivity index (χ0) is 10.6. The number of rotatable bonds is 7. The summed E-state index contributed by atoms with van der Waals surface area (Å²) < 4.78 is 0. The molecule has 0 aromatic heterocycles. The smallest absolute Gasteiger partial charge is 0.0217 e. The molecule has 0 saturated heterocycles. The van der Waals surface area contributed by atoms with E-state index in [1.807, 2.05) is 0 Å². The lowest BCUT2D eigenvalue weighted by atomic mass is 9.99. The second-order valence-corrected chi connectivity index (χ2v) is 4.60. The first-order chi connectivity index (χ1) is 6.72. The maximum absolute atomic E-state index is 3.46. The molecule has 0 amide bonds. The first-order valence-corrected chi connectivity index (χ1v) is 6.14. The van der Waals surface area contributed by atoms with Crippen LogP contribution in [0.2, 0.25) is 0 Å². The van der Waals surface area contributed by atoms with Gasteiger partial charge in [0.15, 0.2) is 0 Å². The Hall–Kier alpha value is -0.0800. The van der Waals surface area contributed by atoms with Crippen LogP contribution in [-0.4, -0.2) is 37.1 Å². The summed E-state index contributed by atoms with van der Waals surface area (Å²) in [5.41, 5.74) is 0. The van der Waals surface area contributed by atoms with Crippen molar-refractivity contribution < 1.29 is 0 Å². The highest BCUT2D eigenvalue weighted by Gasteiger charge is 2.29. The summed E-state index contributed by atoms with van der Waals surface area (Å²) in [6.07, 6.45) is 4.11. The summed E-state index contributed by atoms with van der Waals surface area (Å²) in [6, 6.07) is 1.57. The van der Waals surface area contributed by atoms with Gasteiger partial charge in [-0.1, -0.05) is 27.2 Å². The van der Waals surface area contributed by atoms with Gasteiger partial charge in [-0.2, -0.15) is 0 Å². The second-order valence-electron chi connectivity index (χ2n) is 4.60. The Kier molecular flexibility index (Phi) is 4.90. The molecule has 0 aromatic carbocycles. The molecule has 0 spiro atoms. The summed E-state index contributed by atoms with van der Waals surface area (Å²) in [7, 11) is 2.09. The van der Waals surface area contributed by atoms with Crippen molar-refractivity contribution in [1.29, 1.82) is 0 Å². The third-order valence-corrected chi connectivity index (χ3v) is 3.60. The van der Waals surface area contributed by atoms with Crippen LogP contribution in [0, 0.1) is 5.92 Å². The van der Waals surface area contributed by atoms with E-state index in [0.29, 0.717) is 6.04 Å². The Morgan fingerprint density at radius 1 is 1.36 bits per heavy atom. The molecule has 0 aliphatic heterocycles. The second kappa shape index (κ2) is 5.72. The van der Waals surface area contributed by atoms with E-state index in [-0.39, 0.29) is 0 Å². The summed E-state index contributed by atoms with van der Waals surface area (Å²) in [5.74, 6) is 0.785. The van der Waals surface area contributed by atoms with E-state index >= 15 is 0 Å². The number of hydrogen-bond acceptors (Lipinski definition) is 2. The highest BCUT2D eigenvalue weighted by molar-refractivity contribution is 4.87. The molecular formula is C12H26N2. The van der Waals surface area contributed by atoms with E-state index in [0.717, 1.165) is 12.0 Å². The van der Waals surface area contributed by atoms with Crippen LogP contribution in [0.4, 0.5) is 0 Å². The molecule has 0 heterocycles. The van der Waals surface area contributed by atoms with Crippen molar-refractivity contribution in [3.63, 3.8) is 0 Å². The lowest BCUT2D eigenvalue weighted by Gasteiger charge is -2.29. The highest BCUT2D eigenvalue weighted by atomic mass is 15.2. The lowest BCUT2D eigenvalue weighted by Crippen LogP contribution is -2.44. The normalized spacial score (nSPS) is 21.2. The number of nitrogens with one attached hydrogen (secondary N) is 1. The molecule has 2 nitrogen and oxygen atoms in total. The van der Waals surface area contributed by atoms with Gasteiger partial charge in [-0.05, 0) is 32.4 Å². The summed E-state index contributed by atoms with van der Waals surface area (Å²) >= 11 is 0. The van der Waals surface area contributed by atoms with Crippen molar-refractivity contribution in [2.45, 2.75) is 52.1 Å². The van der Waals surface area contributed by atoms with Gasteiger partial charge in [0.25, 0.3) is 0 Å². The first-order valence-electron chi connectivity index (χ1n) is 6.14. The standard InChI is InChI=1S/C12H26N2/c1-5-10(3)12(13-4)9-14(6-2)11-7-8-11/h10-13H,5-9H2,1-4H3. The predicted molar refractivity (Wildman–Crippen MR) is 62.6 cm³/mol. The molecule has 1 aliphatic rings. The van der Waals surface area contributed by atoms with Crippen LogP contribution in [0.15, 0.2) is 0 Å². The molecule has 0 aromatic rings. The van der Waals surface area contributed by atoms with Gasteiger partial charge in [-0.25, -0.2) is 0 Å². The van der Waals surface area contributed by atoms with Crippen LogP contribution in [0.5, 0.6) is 0 Å². The average Bonchev–Trinajstić information content (AvgIpc) is 3.02. The summed E-state index contributed by atoms with van der Waals surface area (Å²) in [4.78, 5) is 2.63. The Bertz CT molecular complexity index is 154. The van der Waals surface area contributed by atoms with Gasteiger partial charge in [-0.15, -0.1) is 0 Å². The molecular weight excluding hydrogens is 172 g/mol. The van der Waals surface area contributed by atoms with Gasteiger partial charge in [0.1, 0.15) is 0 Å². The zero-order valence-electron chi connectivity index (χ0n) is 10.2. The van der Waals surface area contributed by atoms with E-state index < -0.39 is 0 Å². The molecule has 1 fully saturated rings. The average molecular weight is 198 g/mol. The Labute approximate surface area is 89.1 Å². The largest absolute Gasteiger partial charge is 0.315 e. The molecule has 1 aliphatic carbocycles. The van der Waals surface area contributed by atoms with Gasteiger partial charge in [0, 0.05) is 18.6 Å². The molecule has 1 rings (SSSR count). The van der Waals surface area contributed by atoms with Crippen molar-refractivity contribution in [2.75, 3.05) is 20.1 Å². The lowest BCUT2D eigenvalue weighted by molar-refractivity contribution is 0.216. The van der Waals surface area contributed by atoms with Crippen molar-refractivity contribution >= 4 is 0 Å². The molecule has 1 saturated carbocycles. The fraction of sp³-hybridized carbons (Fsp3) is 1.00. The quantitative estimate of drug-likeness (QED) is 0.674. The van der Waals surface area contributed by atoms with Crippen LogP contribution in [0.3, 0.4) is 0 Å². The van der Waals surface area contributed by atoms with Crippen LogP contribution >= 0.6 is 0 Å². The molecule has 14 heavy (non-hydrogen) atoms. The first kappa shape index (κ1) is 12.0. The third kappa shape index (κ3) is 3.25. The summed E-state index contributed by atoms with van der Waals surface area (Å²) in [6.45, 7) is 9.35. The SMILES string of the molecule is CCC(C)C(CN(CC)C1CC1)NC.